The van der Waals surface area contributed by atoms with E-state index in [1.54, 1.807) is 6.07 Å². The van der Waals surface area contributed by atoms with Crippen LogP contribution in [-0.2, 0) is 10.3 Å². The van der Waals surface area contributed by atoms with E-state index in [-0.39, 0.29) is 5.97 Å². The van der Waals surface area contributed by atoms with Gasteiger partial charge in [-0.25, -0.2) is 9.78 Å². The highest BCUT2D eigenvalue weighted by Crippen LogP contribution is 2.52. The minimum Gasteiger partial charge on any atom is -0.451 e. The van der Waals surface area contributed by atoms with Crippen LogP contribution in [0.5, 0.6) is 0 Å². The Kier molecular flexibility index (Phi) is 1.67. The summed E-state index contributed by atoms with van der Waals surface area (Å²) in [6, 6.07) is 1.75. The van der Waals surface area contributed by atoms with Crippen molar-refractivity contribution in [1.29, 1.82) is 0 Å². The number of ether oxygens (including phenoxy) is 1. The van der Waals surface area contributed by atoms with Crippen molar-refractivity contribution in [2.75, 3.05) is 0 Å². The van der Waals surface area contributed by atoms with Gasteiger partial charge in [0.15, 0.2) is 0 Å². The number of halogens is 1. The van der Waals surface area contributed by atoms with Crippen molar-refractivity contribution in [3.05, 3.63) is 28.5 Å². The van der Waals surface area contributed by atoms with E-state index in [0.29, 0.717) is 16.6 Å². The van der Waals surface area contributed by atoms with Crippen molar-refractivity contribution in [2.45, 2.75) is 25.4 Å². The highest BCUT2D eigenvalue weighted by atomic mass is 35.5. The maximum Gasteiger partial charge on any atom is 0.341 e. The molecule has 1 aliphatic heterocycles. The summed E-state index contributed by atoms with van der Waals surface area (Å²) in [6.45, 7) is 1.96. The first-order valence-corrected chi connectivity index (χ1v) is 5.38. The number of hydrogen-bond donors (Lipinski definition) is 0. The third kappa shape index (κ3) is 1.19. The average Bonchev–Trinajstić information content (AvgIpc) is 2.97. The van der Waals surface area contributed by atoms with E-state index in [9.17, 15) is 4.79 Å². The van der Waals surface area contributed by atoms with E-state index in [1.165, 1.54) is 6.20 Å². The van der Waals surface area contributed by atoms with Crippen molar-refractivity contribution in [2.24, 2.45) is 5.92 Å². The molecule has 78 valence electrons. The van der Waals surface area contributed by atoms with Gasteiger partial charge in [-0.3, -0.25) is 0 Å². The van der Waals surface area contributed by atoms with Crippen LogP contribution in [0.3, 0.4) is 0 Å². The second-order valence-corrected chi connectivity index (χ2v) is 4.71. The Labute approximate surface area is 92.4 Å². The molecular formula is C11H10ClNO2. The van der Waals surface area contributed by atoms with E-state index in [2.05, 4.69) is 4.98 Å². The monoisotopic (exact) mass is 223 g/mol. The number of carbonyl (C=O) groups excluding carboxylic acids is 1. The number of cyclic esters (lactones) is 1. The summed E-state index contributed by atoms with van der Waals surface area (Å²) < 4.78 is 5.46. The van der Waals surface area contributed by atoms with Gasteiger partial charge in [-0.05, 0) is 25.8 Å². The minimum absolute atomic E-state index is 0.274. The molecule has 1 aliphatic carbocycles. The van der Waals surface area contributed by atoms with Crippen LogP contribution >= 0.6 is 11.6 Å². The molecule has 0 N–H and O–H groups in total. The van der Waals surface area contributed by atoms with Gasteiger partial charge in [0.05, 0.1) is 5.56 Å². The summed E-state index contributed by atoms with van der Waals surface area (Å²) in [6.07, 6.45) is 3.74. The van der Waals surface area contributed by atoms with Crippen molar-refractivity contribution < 1.29 is 9.53 Å². The van der Waals surface area contributed by atoms with Crippen molar-refractivity contribution >= 4 is 17.6 Å². The number of hydrogen-bond acceptors (Lipinski definition) is 3. The van der Waals surface area contributed by atoms with Gasteiger partial charge in [-0.2, -0.15) is 0 Å². The number of fused-ring (bicyclic) bond motifs is 1. The number of nitrogens with zero attached hydrogens (tertiary/aromatic N) is 1. The third-order valence-electron chi connectivity index (χ3n) is 3.29. The van der Waals surface area contributed by atoms with Gasteiger partial charge >= 0.3 is 5.97 Å². The SMILES string of the molecule is CC1(C2CC2)OC(=O)c2cnc(Cl)cc21. The first-order valence-electron chi connectivity index (χ1n) is 5.00. The maximum atomic E-state index is 11.6. The minimum atomic E-state index is -0.473. The van der Waals surface area contributed by atoms with E-state index in [1.807, 2.05) is 6.92 Å². The average molecular weight is 224 g/mol. The van der Waals surface area contributed by atoms with Crippen LogP contribution in [-0.4, -0.2) is 11.0 Å². The summed E-state index contributed by atoms with van der Waals surface area (Å²) in [4.78, 5) is 15.5. The zero-order valence-corrected chi connectivity index (χ0v) is 9.04. The molecule has 0 aromatic carbocycles. The lowest BCUT2D eigenvalue weighted by Crippen LogP contribution is -2.24. The Bertz CT molecular complexity index is 456. The van der Waals surface area contributed by atoms with E-state index >= 15 is 0 Å². The number of rotatable bonds is 1. The normalized spacial score (nSPS) is 28.8. The fraction of sp³-hybridized carbons (Fsp3) is 0.455. The summed E-state index contributed by atoms with van der Waals surface area (Å²) in [5, 5.41) is 0.416. The van der Waals surface area contributed by atoms with Gasteiger partial charge < -0.3 is 4.74 Å². The molecule has 1 atom stereocenters. The topological polar surface area (TPSA) is 39.2 Å². The van der Waals surface area contributed by atoms with Crippen LogP contribution in [0.15, 0.2) is 12.3 Å². The summed E-state index contributed by atoms with van der Waals surface area (Å²) in [7, 11) is 0. The second kappa shape index (κ2) is 2.73. The molecule has 2 heterocycles. The Balaban J connectivity index is 2.18. The molecule has 1 fully saturated rings. The first-order chi connectivity index (χ1) is 7.11. The van der Waals surface area contributed by atoms with Gasteiger partial charge in [0.2, 0.25) is 0 Å². The molecule has 1 aromatic heterocycles. The molecule has 1 saturated carbocycles. The Morgan fingerprint density at radius 1 is 1.60 bits per heavy atom. The predicted molar refractivity (Wildman–Crippen MR) is 54.7 cm³/mol. The second-order valence-electron chi connectivity index (χ2n) is 4.32. The number of esters is 1. The molecule has 4 heteroatoms. The van der Waals surface area contributed by atoms with E-state index in [0.717, 1.165) is 18.4 Å². The summed E-state index contributed by atoms with van der Waals surface area (Å²) in [5.41, 5.74) is 0.989. The molecule has 3 nitrogen and oxygen atoms in total. The van der Waals surface area contributed by atoms with E-state index < -0.39 is 5.60 Å². The molecule has 0 spiro atoms. The first kappa shape index (κ1) is 9.16. The smallest absolute Gasteiger partial charge is 0.341 e. The fourth-order valence-corrected chi connectivity index (χ4v) is 2.40. The van der Waals surface area contributed by atoms with Crippen LogP contribution in [0.1, 0.15) is 35.7 Å². The molecule has 15 heavy (non-hydrogen) atoms. The van der Waals surface area contributed by atoms with Crippen molar-refractivity contribution in [1.82, 2.24) is 4.98 Å². The Morgan fingerprint density at radius 2 is 2.33 bits per heavy atom. The highest BCUT2D eigenvalue weighted by molar-refractivity contribution is 6.29. The van der Waals surface area contributed by atoms with Crippen LogP contribution in [0, 0.1) is 5.92 Å². The molecular weight excluding hydrogens is 214 g/mol. The third-order valence-corrected chi connectivity index (χ3v) is 3.49. The van der Waals surface area contributed by atoms with Gasteiger partial charge in [-0.15, -0.1) is 0 Å². The quantitative estimate of drug-likeness (QED) is 0.543. The lowest BCUT2D eigenvalue weighted by atomic mass is 9.91. The number of carbonyl (C=O) groups is 1. The van der Waals surface area contributed by atoms with Gasteiger partial charge in [0.25, 0.3) is 0 Å². The summed E-state index contributed by atoms with van der Waals surface area (Å²) in [5.74, 6) is 0.171. The molecule has 0 bridgehead atoms. The van der Waals surface area contributed by atoms with Gasteiger partial charge in [0.1, 0.15) is 10.8 Å². The zero-order chi connectivity index (χ0) is 10.6. The lowest BCUT2D eigenvalue weighted by Gasteiger charge is -2.23. The van der Waals surface area contributed by atoms with Crippen molar-refractivity contribution in [3.8, 4) is 0 Å². The molecule has 0 radical (unpaired) electrons. The van der Waals surface area contributed by atoms with Crippen LogP contribution in [0.4, 0.5) is 0 Å². The Morgan fingerprint density at radius 3 is 3.00 bits per heavy atom. The number of aromatic nitrogens is 1. The fourth-order valence-electron chi connectivity index (χ4n) is 2.24. The van der Waals surface area contributed by atoms with Gasteiger partial charge in [-0.1, -0.05) is 11.6 Å². The Hall–Kier alpha value is -1.09. The van der Waals surface area contributed by atoms with Crippen molar-refractivity contribution in [3.63, 3.8) is 0 Å². The predicted octanol–water partition coefficient (Wildman–Crippen LogP) is 2.53. The van der Waals surface area contributed by atoms with Crippen LogP contribution in [0.25, 0.3) is 0 Å². The molecule has 1 unspecified atom stereocenters. The largest absolute Gasteiger partial charge is 0.451 e. The molecule has 1 aromatic rings. The van der Waals surface area contributed by atoms with E-state index in [4.69, 9.17) is 16.3 Å². The molecule has 3 rings (SSSR count). The van der Waals surface area contributed by atoms with Gasteiger partial charge in [0, 0.05) is 17.7 Å². The maximum absolute atomic E-state index is 11.6. The summed E-state index contributed by atoms with van der Waals surface area (Å²) >= 11 is 5.85. The van der Waals surface area contributed by atoms with Crippen LogP contribution in [0.2, 0.25) is 5.15 Å². The standard InChI is InChI=1S/C11H10ClNO2/c1-11(6-2-3-6)8-4-9(12)13-5-7(8)10(14)15-11/h4-6H,2-3H2,1H3. The highest BCUT2D eigenvalue weighted by Gasteiger charge is 2.52. The van der Waals surface area contributed by atoms with Crippen LogP contribution < -0.4 is 0 Å². The molecule has 2 aliphatic rings. The lowest BCUT2D eigenvalue weighted by molar-refractivity contribution is -0.0102. The number of pyridine rings is 1. The molecule has 0 amide bonds. The zero-order valence-electron chi connectivity index (χ0n) is 8.29. The molecule has 0 saturated heterocycles.